The number of piperidine rings is 1. The predicted octanol–water partition coefficient (Wildman–Crippen LogP) is 2.61. The highest BCUT2D eigenvalue weighted by Gasteiger charge is 2.55. The number of likely N-dealkylation sites (tertiary alicyclic amines) is 1. The number of nitrogens with zero attached hydrogens (tertiary/aromatic N) is 2. The lowest BCUT2D eigenvalue weighted by atomic mass is 9.61. The van der Waals surface area contributed by atoms with Gasteiger partial charge in [0.25, 0.3) is 5.91 Å². The van der Waals surface area contributed by atoms with Gasteiger partial charge in [-0.25, -0.2) is 4.79 Å². The van der Waals surface area contributed by atoms with E-state index in [2.05, 4.69) is 40.2 Å². The number of hydrogen-bond donors (Lipinski definition) is 4. The van der Waals surface area contributed by atoms with Crippen molar-refractivity contribution in [2.24, 2.45) is 17.6 Å². The van der Waals surface area contributed by atoms with Gasteiger partial charge >= 0.3 is 11.9 Å². The van der Waals surface area contributed by atoms with E-state index >= 15 is 0 Å². The molecule has 39 heavy (non-hydrogen) atoms. The minimum absolute atomic E-state index is 0.326. The van der Waals surface area contributed by atoms with E-state index in [1.54, 1.807) is 6.20 Å². The summed E-state index contributed by atoms with van der Waals surface area (Å²) >= 11 is 0. The highest BCUT2D eigenvalue weighted by atomic mass is 16.5. The third-order valence-electron chi connectivity index (χ3n) is 8.62. The highest BCUT2D eigenvalue weighted by Crippen LogP contribution is 2.53. The molecule has 3 fully saturated rings. The van der Waals surface area contributed by atoms with Gasteiger partial charge in [-0.2, -0.15) is 0 Å². The van der Waals surface area contributed by atoms with Crippen LogP contribution in [0.3, 0.4) is 0 Å². The number of hydrogen-bond acceptors (Lipinski definition) is 7. The number of ether oxygens (including phenoxy) is 1. The summed E-state index contributed by atoms with van der Waals surface area (Å²) in [5.41, 5.74) is 8.03. The molecule has 1 saturated heterocycles. The molecule has 10 heteroatoms. The van der Waals surface area contributed by atoms with Gasteiger partial charge in [-0.3, -0.25) is 19.5 Å². The number of aliphatic carboxylic acids is 2. The zero-order valence-corrected chi connectivity index (χ0v) is 22.1. The largest absolute Gasteiger partial charge is 0.481 e. The fourth-order valence-electron chi connectivity index (χ4n) is 6.73. The van der Waals surface area contributed by atoms with Crippen LogP contribution in [0.15, 0.2) is 48.7 Å². The molecule has 1 aromatic heterocycles. The second-order valence-electron chi connectivity index (χ2n) is 10.7. The Morgan fingerprint density at radius 1 is 1.08 bits per heavy atom. The van der Waals surface area contributed by atoms with Gasteiger partial charge in [-0.1, -0.05) is 36.8 Å². The summed E-state index contributed by atoms with van der Waals surface area (Å²) in [5.74, 6) is -1.86. The Morgan fingerprint density at radius 2 is 1.74 bits per heavy atom. The molecule has 210 valence electrons. The minimum atomic E-state index is -1.79. The van der Waals surface area contributed by atoms with Crippen molar-refractivity contribution in [3.8, 4) is 0 Å². The third-order valence-corrected chi connectivity index (χ3v) is 8.62. The van der Waals surface area contributed by atoms with Crippen LogP contribution in [0.25, 0.3) is 0 Å². The number of carboxylic acids is 2. The predicted molar refractivity (Wildman–Crippen MR) is 142 cm³/mol. The molecule has 10 nitrogen and oxygen atoms in total. The summed E-state index contributed by atoms with van der Waals surface area (Å²) in [6, 6.07) is 15.5. The number of aliphatic hydroxyl groups excluding tert-OH is 1. The van der Waals surface area contributed by atoms with Crippen molar-refractivity contribution in [1.82, 2.24) is 9.88 Å². The summed E-state index contributed by atoms with van der Waals surface area (Å²) in [4.78, 5) is 38.1. The lowest BCUT2D eigenvalue weighted by Crippen LogP contribution is -2.62. The van der Waals surface area contributed by atoms with Gasteiger partial charge in [0.05, 0.1) is 6.42 Å². The van der Waals surface area contributed by atoms with Gasteiger partial charge < -0.3 is 25.8 Å². The van der Waals surface area contributed by atoms with Crippen molar-refractivity contribution in [3.05, 3.63) is 65.5 Å². The molecule has 5 N–H and O–H groups in total. The van der Waals surface area contributed by atoms with Crippen molar-refractivity contribution in [3.63, 3.8) is 0 Å². The third kappa shape index (κ3) is 5.98. The number of carbonyl (C=O) groups is 3. The summed E-state index contributed by atoms with van der Waals surface area (Å²) in [6.45, 7) is 2.10. The number of nitrogens with two attached hydrogens (primary N) is 1. The molecule has 5 rings (SSSR count). The highest BCUT2D eigenvalue weighted by molar-refractivity contribution is 5.90. The lowest BCUT2D eigenvalue weighted by molar-refractivity contribution is -0.179. The maximum absolute atomic E-state index is 11.7. The number of carbonyl (C=O) groups excluding carboxylic acids is 1. The Labute approximate surface area is 227 Å². The van der Waals surface area contributed by atoms with Crippen LogP contribution in [0.4, 0.5) is 0 Å². The molecule has 2 heterocycles. The molecule has 0 spiro atoms. The van der Waals surface area contributed by atoms with Crippen molar-refractivity contribution in [2.45, 2.75) is 62.2 Å². The number of carboxylic acid groups (broad SMARTS) is 2. The summed E-state index contributed by atoms with van der Waals surface area (Å²) in [6.07, 6.45) is 5.26. The normalized spacial score (nSPS) is 28.8. The quantitative estimate of drug-likeness (QED) is 0.395. The van der Waals surface area contributed by atoms with E-state index in [9.17, 15) is 14.4 Å². The number of methoxy groups -OCH3 is 1. The van der Waals surface area contributed by atoms with Crippen molar-refractivity contribution in [2.75, 3.05) is 20.2 Å². The first-order valence-electron chi connectivity index (χ1n) is 13.4. The van der Waals surface area contributed by atoms with E-state index in [4.69, 9.17) is 25.8 Å². The van der Waals surface area contributed by atoms with Gasteiger partial charge in [0, 0.05) is 44.3 Å². The Bertz CT molecular complexity index is 1160. The van der Waals surface area contributed by atoms with Crippen LogP contribution >= 0.6 is 0 Å². The molecule has 6 atom stereocenters. The Morgan fingerprint density at radius 3 is 2.23 bits per heavy atom. The standard InChI is InChI=1S/C25H31N3O2.C4H6O5/c1-30-25(18-12-13-27-22(14-18)24(26)29)19-8-5-9-20(25)16-28(15-19)23-11-10-21(23)17-6-3-2-4-7-17;5-2(4(8)9)1-3(6)7/h2-4,6-7,12-14,19-21,23H,5,8-11,15-16H2,1H3,(H2,26,29);2,5H,1H2,(H,6,7)(H,8,9)/t19-,20+,21-,23-,25?;2-/m00/s1. The molecule has 2 aromatic rings. The van der Waals surface area contributed by atoms with E-state index in [0.717, 1.165) is 31.5 Å². The maximum atomic E-state index is 11.7. The molecule has 1 aliphatic heterocycles. The number of rotatable bonds is 8. The summed E-state index contributed by atoms with van der Waals surface area (Å²) < 4.78 is 6.35. The molecular formula is C29H37N3O7. The maximum Gasteiger partial charge on any atom is 0.333 e. The van der Waals surface area contributed by atoms with Crippen LogP contribution in [0.2, 0.25) is 0 Å². The lowest BCUT2D eigenvalue weighted by Gasteiger charge is -2.58. The second kappa shape index (κ2) is 12.2. The van der Waals surface area contributed by atoms with Crippen LogP contribution in [0, 0.1) is 11.8 Å². The van der Waals surface area contributed by atoms with E-state index in [1.165, 1.54) is 24.8 Å². The number of amides is 1. The topological polar surface area (TPSA) is 163 Å². The number of pyridine rings is 1. The molecule has 1 amide bonds. The van der Waals surface area contributed by atoms with Crippen LogP contribution < -0.4 is 5.73 Å². The first-order chi connectivity index (χ1) is 18.7. The molecule has 0 radical (unpaired) electrons. The molecule has 2 saturated carbocycles. The van der Waals surface area contributed by atoms with E-state index in [-0.39, 0.29) is 5.60 Å². The number of aromatic nitrogens is 1. The van der Waals surface area contributed by atoms with E-state index < -0.39 is 30.4 Å². The Hall–Kier alpha value is -3.34. The van der Waals surface area contributed by atoms with Crippen molar-refractivity contribution in [1.29, 1.82) is 0 Å². The first kappa shape index (κ1) is 28.7. The van der Waals surface area contributed by atoms with Crippen molar-refractivity contribution >= 4 is 17.8 Å². The molecule has 2 bridgehead atoms. The van der Waals surface area contributed by atoms with Crippen LogP contribution in [-0.4, -0.2) is 75.4 Å². The van der Waals surface area contributed by atoms with Crippen LogP contribution in [-0.2, 0) is 19.9 Å². The zero-order chi connectivity index (χ0) is 28.2. The Balaban J connectivity index is 0.000000340. The fraction of sp³-hybridized carbons (Fsp3) is 0.517. The van der Waals surface area contributed by atoms with E-state index in [1.807, 2.05) is 19.2 Å². The zero-order valence-electron chi connectivity index (χ0n) is 22.1. The fourth-order valence-corrected chi connectivity index (χ4v) is 6.73. The second-order valence-corrected chi connectivity index (χ2v) is 10.7. The van der Waals surface area contributed by atoms with Gasteiger partial charge in [0.2, 0.25) is 0 Å². The number of benzene rings is 1. The monoisotopic (exact) mass is 539 g/mol. The van der Waals surface area contributed by atoms with Crippen LogP contribution in [0.1, 0.15) is 66.1 Å². The Kier molecular flexibility index (Phi) is 8.99. The molecular weight excluding hydrogens is 502 g/mol. The molecule has 1 unspecified atom stereocenters. The summed E-state index contributed by atoms with van der Waals surface area (Å²) in [5, 5.41) is 24.1. The van der Waals surface area contributed by atoms with Gasteiger partial charge in [0.15, 0.2) is 6.10 Å². The van der Waals surface area contributed by atoms with E-state index in [0.29, 0.717) is 29.5 Å². The van der Waals surface area contributed by atoms with Gasteiger partial charge in [-0.15, -0.1) is 0 Å². The SMILES string of the molecule is COC1(c2ccnc(C(N)=O)c2)[C@@H]2CCC[C@H]1CN([C@H]1CC[C@H]1c1ccccc1)C2.O=C(O)C[C@H](O)C(=O)O. The first-order valence-corrected chi connectivity index (χ1v) is 13.4. The molecule has 3 aliphatic rings. The number of aliphatic hydroxyl groups is 1. The number of primary amides is 1. The smallest absolute Gasteiger partial charge is 0.333 e. The van der Waals surface area contributed by atoms with Crippen molar-refractivity contribution < 1.29 is 34.4 Å². The van der Waals surface area contributed by atoms with Crippen LogP contribution in [0.5, 0.6) is 0 Å². The molecule has 2 aliphatic carbocycles. The average molecular weight is 540 g/mol. The van der Waals surface area contributed by atoms with Gasteiger partial charge in [-0.05, 0) is 54.9 Å². The summed E-state index contributed by atoms with van der Waals surface area (Å²) in [7, 11) is 1.83. The van der Waals surface area contributed by atoms with Gasteiger partial charge in [0.1, 0.15) is 11.3 Å². The molecule has 1 aromatic carbocycles. The minimum Gasteiger partial charge on any atom is -0.481 e. The number of fused-ring (bicyclic) bond motifs is 2. The average Bonchev–Trinajstić information content (AvgIpc) is 2.88.